The average Bonchev–Trinajstić information content (AvgIpc) is 3.00. The highest BCUT2D eigenvalue weighted by Gasteiger charge is 2.31. The summed E-state index contributed by atoms with van der Waals surface area (Å²) >= 11 is 7.14. The number of aryl methyl sites for hydroxylation is 1. The van der Waals surface area contributed by atoms with Crippen LogP contribution in [0.1, 0.15) is 31.2 Å². The Bertz CT molecular complexity index is 1180. The van der Waals surface area contributed by atoms with Crippen LogP contribution in [-0.4, -0.2) is 23.0 Å². The molecule has 6 nitrogen and oxygen atoms in total. The van der Waals surface area contributed by atoms with Crippen molar-refractivity contribution in [1.82, 2.24) is 14.5 Å². The Morgan fingerprint density at radius 2 is 2.00 bits per heavy atom. The van der Waals surface area contributed by atoms with Crippen LogP contribution in [-0.2, 0) is 28.5 Å². The summed E-state index contributed by atoms with van der Waals surface area (Å²) < 4.78 is 63.6. The molecule has 0 fully saturated rings. The maximum absolute atomic E-state index is 12.8. The fraction of sp³-hybridized carbons (Fsp3) is 0.333. The van der Waals surface area contributed by atoms with E-state index in [4.69, 9.17) is 16.7 Å². The molecule has 3 rings (SSSR count). The maximum Gasteiger partial charge on any atom is 0.417 e. The molecule has 12 heteroatoms. The lowest BCUT2D eigenvalue weighted by Gasteiger charge is -2.10. The minimum absolute atomic E-state index is 0.0400. The first-order chi connectivity index (χ1) is 14.0. The Morgan fingerprint density at radius 3 is 2.60 bits per heavy atom. The number of thioether (sulfide) groups is 1. The minimum Gasteiger partial charge on any atom is -0.327 e. The highest BCUT2D eigenvalue weighted by molar-refractivity contribution is 7.98. The maximum atomic E-state index is 12.8. The largest absolute Gasteiger partial charge is 0.417 e. The number of rotatable bonds is 7. The van der Waals surface area contributed by atoms with Crippen LogP contribution in [0.25, 0.3) is 11.0 Å². The lowest BCUT2D eigenvalue weighted by atomic mass is 10.3. The van der Waals surface area contributed by atoms with E-state index >= 15 is 0 Å². The van der Waals surface area contributed by atoms with Crippen LogP contribution in [0.15, 0.2) is 40.4 Å². The third kappa shape index (κ3) is 5.08. The summed E-state index contributed by atoms with van der Waals surface area (Å²) in [6.07, 6.45) is -1.96. The molecule has 1 aromatic carbocycles. The van der Waals surface area contributed by atoms with Crippen LogP contribution in [0.2, 0.25) is 5.02 Å². The highest BCUT2D eigenvalue weighted by Crippen LogP contribution is 2.35. The standard InChI is InChI=1S/C18H18ClF3N4O2S2/c1-2-3-6-26-15-5-4-12(30(23,27)28)8-14(15)25-16(26)10-29-17-13(19)7-11(9-24-17)18(20,21)22/h4-5,7-9H,2-3,6,10H2,1H3,(H2,23,27,28). The number of fused-ring (bicyclic) bond motifs is 1. The van der Waals surface area contributed by atoms with Crippen molar-refractivity contribution in [2.24, 2.45) is 5.14 Å². The molecule has 2 heterocycles. The molecule has 162 valence electrons. The van der Waals surface area contributed by atoms with Gasteiger partial charge in [0, 0.05) is 12.7 Å². The summed E-state index contributed by atoms with van der Waals surface area (Å²) in [6, 6.07) is 5.32. The lowest BCUT2D eigenvalue weighted by molar-refractivity contribution is -0.137. The molecule has 0 aliphatic carbocycles. The van der Waals surface area contributed by atoms with Crippen molar-refractivity contribution in [3.8, 4) is 0 Å². The minimum atomic E-state index is -4.52. The number of benzene rings is 1. The summed E-state index contributed by atoms with van der Waals surface area (Å²) in [5.74, 6) is 0.925. The molecule has 0 amide bonds. The Morgan fingerprint density at radius 1 is 1.27 bits per heavy atom. The molecule has 0 aliphatic heterocycles. The van der Waals surface area contributed by atoms with Gasteiger partial charge in [-0.05, 0) is 30.7 Å². The van der Waals surface area contributed by atoms with Crippen molar-refractivity contribution in [2.75, 3.05) is 0 Å². The molecule has 0 saturated carbocycles. The topological polar surface area (TPSA) is 90.9 Å². The summed E-state index contributed by atoms with van der Waals surface area (Å²) in [5, 5.41) is 5.36. The molecule has 0 bridgehead atoms. The number of imidazole rings is 1. The Balaban J connectivity index is 1.92. The number of unbranched alkanes of at least 4 members (excludes halogenated alkanes) is 1. The van der Waals surface area contributed by atoms with Crippen molar-refractivity contribution >= 4 is 44.4 Å². The van der Waals surface area contributed by atoms with Crippen molar-refractivity contribution in [1.29, 1.82) is 0 Å². The number of aromatic nitrogens is 3. The number of hydrogen-bond donors (Lipinski definition) is 1. The molecule has 0 saturated heterocycles. The Hall–Kier alpha value is -1.82. The second-order valence-electron chi connectivity index (χ2n) is 6.53. The van der Waals surface area contributed by atoms with Gasteiger partial charge in [0.2, 0.25) is 10.0 Å². The molecule has 0 radical (unpaired) electrons. The zero-order valence-electron chi connectivity index (χ0n) is 15.8. The zero-order valence-corrected chi connectivity index (χ0v) is 18.2. The Kier molecular flexibility index (Phi) is 6.66. The first-order valence-corrected chi connectivity index (χ1v) is 11.8. The van der Waals surface area contributed by atoms with E-state index in [0.717, 1.165) is 42.4 Å². The molecular formula is C18H18ClF3N4O2S2. The van der Waals surface area contributed by atoms with E-state index < -0.39 is 21.8 Å². The van der Waals surface area contributed by atoms with Crippen LogP contribution < -0.4 is 5.14 Å². The zero-order chi connectivity index (χ0) is 22.1. The van der Waals surface area contributed by atoms with E-state index in [1.54, 1.807) is 6.07 Å². The van der Waals surface area contributed by atoms with Crippen molar-refractivity contribution in [2.45, 2.75) is 48.2 Å². The Labute approximate surface area is 180 Å². The van der Waals surface area contributed by atoms with E-state index in [0.29, 0.717) is 23.6 Å². The number of alkyl halides is 3. The average molecular weight is 479 g/mol. The molecule has 0 atom stereocenters. The molecule has 0 spiro atoms. The van der Waals surface area contributed by atoms with Gasteiger partial charge in [-0.2, -0.15) is 13.2 Å². The van der Waals surface area contributed by atoms with Crippen LogP contribution in [0.5, 0.6) is 0 Å². The predicted molar refractivity (Wildman–Crippen MR) is 110 cm³/mol. The molecule has 2 aromatic heterocycles. The number of halogens is 4. The third-order valence-electron chi connectivity index (χ3n) is 4.34. The summed E-state index contributed by atoms with van der Waals surface area (Å²) in [4.78, 5) is 8.30. The number of nitrogens with two attached hydrogens (primary N) is 1. The van der Waals surface area contributed by atoms with Crippen LogP contribution in [0.4, 0.5) is 13.2 Å². The SMILES string of the molecule is CCCCn1c(CSc2ncc(C(F)(F)F)cc2Cl)nc2cc(S(N)(=O)=O)ccc21. The lowest BCUT2D eigenvalue weighted by Crippen LogP contribution is -2.11. The number of pyridine rings is 1. The van der Waals surface area contributed by atoms with E-state index in [2.05, 4.69) is 9.97 Å². The number of hydrogen-bond acceptors (Lipinski definition) is 5. The van der Waals surface area contributed by atoms with E-state index in [1.807, 2.05) is 11.5 Å². The van der Waals surface area contributed by atoms with E-state index in [-0.39, 0.29) is 14.9 Å². The first kappa shape index (κ1) is 22.9. The molecule has 0 unspecified atom stereocenters. The van der Waals surface area contributed by atoms with Gasteiger partial charge in [0.05, 0.1) is 32.3 Å². The molecule has 3 aromatic rings. The highest BCUT2D eigenvalue weighted by atomic mass is 35.5. The summed E-state index contributed by atoms with van der Waals surface area (Å²) in [7, 11) is -3.87. The normalized spacial score (nSPS) is 12.6. The quantitative estimate of drug-likeness (QED) is 0.490. The fourth-order valence-electron chi connectivity index (χ4n) is 2.83. The predicted octanol–water partition coefficient (Wildman–Crippen LogP) is 4.84. The van der Waals surface area contributed by atoms with Crippen molar-refractivity contribution in [3.63, 3.8) is 0 Å². The molecular weight excluding hydrogens is 461 g/mol. The first-order valence-electron chi connectivity index (χ1n) is 8.88. The molecule has 2 N–H and O–H groups in total. The number of nitrogens with zero attached hydrogens (tertiary/aromatic N) is 3. The van der Waals surface area contributed by atoms with E-state index in [9.17, 15) is 21.6 Å². The van der Waals surface area contributed by atoms with Crippen LogP contribution in [0.3, 0.4) is 0 Å². The van der Waals surface area contributed by atoms with Crippen molar-refractivity contribution in [3.05, 3.63) is 46.9 Å². The van der Waals surface area contributed by atoms with Crippen molar-refractivity contribution < 1.29 is 21.6 Å². The summed E-state index contributed by atoms with van der Waals surface area (Å²) in [5.41, 5.74) is 0.306. The second-order valence-corrected chi connectivity index (χ2v) is 9.46. The van der Waals surface area contributed by atoms with Gasteiger partial charge in [0.25, 0.3) is 0 Å². The summed E-state index contributed by atoms with van der Waals surface area (Å²) in [6.45, 7) is 2.70. The second kappa shape index (κ2) is 8.74. The van der Waals surface area contributed by atoms with Gasteiger partial charge in [-0.1, -0.05) is 36.7 Å². The van der Waals surface area contributed by atoms with Gasteiger partial charge in [-0.3, -0.25) is 0 Å². The molecule has 0 aliphatic rings. The number of primary sulfonamides is 1. The van der Waals surface area contributed by atoms with E-state index in [1.165, 1.54) is 12.1 Å². The smallest absolute Gasteiger partial charge is 0.327 e. The molecule has 30 heavy (non-hydrogen) atoms. The van der Waals surface area contributed by atoms with Gasteiger partial charge >= 0.3 is 6.18 Å². The van der Waals surface area contributed by atoms with Crippen LogP contribution >= 0.6 is 23.4 Å². The van der Waals surface area contributed by atoms with Gasteiger partial charge in [0.15, 0.2) is 0 Å². The van der Waals surface area contributed by atoms with Gasteiger partial charge in [-0.15, -0.1) is 0 Å². The van der Waals surface area contributed by atoms with Gasteiger partial charge in [0.1, 0.15) is 10.9 Å². The third-order valence-corrected chi connectivity index (χ3v) is 6.65. The number of sulfonamides is 1. The van der Waals surface area contributed by atoms with Gasteiger partial charge in [-0.25, -0.2) is 23.5 Å². The van der Waals surface area contributed by atoms with Gasteiger partial charge < -0.3 is 4.57 Å². The monoisotopic (exact) mass is 478 g/mol. The van der Waals surface area contributed by atoms with Crippen LogP contribution in [0, 0.1) is 0 Å². The fourth-order valence-corrected chi connectivity index (χ4v) is 4.51.